The van der Waals surface area contributed by atoms with E-state index in [9.17, 15) is 0 Å². The summed E-state index contributed by atoms with van der Waals surface area (Å²) in [6.07, 6.45) is 5.91. The van der Waals surface area contributed by atoms with Crippen LogP contribution in [0.5, 0.6) is 23.0 Å². The van der Waals surface area contributed by atoms with Gasteiger partial charge in [-0.25, -0.2) is 4.42 Å². The van der Waals surface area contributed by atoms with E-state index in [1.165, 1.54) is 5.56 Å². The van der Waals surface area contributed by atoms with Crippen molar-refractivity contribution in [2.75, 3.05) is 21.3 Å². The van der Waals surface area contributed by atoms with E-state index < -0.39 is 0 Å². The summed E-state index contributed by atoms with van der Waals surface area (Å²) in [5.41, 5.74) is 2.30. The van der Waals surface area contributed by atoms with Crippen molar-refractivity contribution in [2.45, 2.75) is 12.8 Å². The van der Waals surface area contributed by atoms with E-state index in [4.69, 9.17) is 18.6 Å². The molecular formula is C20H23O4+. The van der Waals surface area contributed by atoms with Gasteiger partial charge in [0.25, 0.3) is 6.79 Å². The molecule has 0 atom stereocenters. The minimum Gasteiger partial charge on any atom is -0.493 e. The molecule has 0 heterocycles. The Balaban J connectivity index is 1.99. The first-order chi connectivity index (χ1) is 11.7. The number of ether oxygens (including phenoxy) is 3. The molecule has 0 saturated carbocycles. The van der Waals surface area contributed by atoms with Gasteiger partial charge >= 0.3 is 5.75 Å². The molecule has 2 rings (SSSR count). The van der Waals surface area contributed by atoms with Crippen molar-refractivity contribution in [2.24, 2.45) is 0 Å². The summed E-state index contributed by atoms with van der Waals surface area (Å²) in [7, 11) is 4.89. The predicted molar refractivity (Wildman–Crippen MR) is 95.7 cm³/mol. The maximum absolute atomic E-state index is 5.32. The van der Waals surface area contributed by atoms with E-state index in [0.29, 0.717) is 11.5 Å². The van der Waals surface area contributed by atoms with Gasteiger partial charge in [-0.05, 0) is 42.2 Å². The van der Waals surface area contributed by atoms with Gasteiger partial charge in [-0.3, -0.25) is 0 Å². The summed E-state index contributed by atoms with van der Waals surface area (Å²) in [6, 6.07) is 11.8. The van der Waals surface area contributed by atoms with Crippen LogP contribution in [0.4, 0.5) is 0 Å². The van der Waals surface area contributed by atoms with Crippen molar-refractivity contribution in [1.82, 2.24) is 0 Å². The number of rotatable bonds is 8. The maximum atomic E-state index is 5.32. The van der Waals surface area contributed by atoms with Crippen LogP contribution in [0.3, 0.4) is 0 Å². The Hall–Kier alpha value is -2.75. The van der Waals surface area contributed by atoms with E-state index >= 15 is 0 Å². The zero-order valence-corrected chi connectivity index (χ0v) is 14.4. The van der Waals surface area contributed by atoms with Gasteiger partial charge in [0.1, 0.15) is 0 Å². The van der Waals surface area contributed by atoms with Crippen LogP contribution < -0.4 is 14.2 Å². The fourth-order valence-electron chi connectivity index (χ4n) is 2.41. The van der Waals surface area contributed by atoms with Gasteiger partial charge in [-0.15, -0.1) is 0 Å². The summed E-state index contributed by atoms with van der Waals surface area (Å²) in [6.45, 7) is 3.45. The smallest absolute Gasteiger partial charge is 0.393 e. The van der Waals surface area contributed by atoms with Gasteiger partial charge in [-0.1, -0.05) is 24.3 Å². The Morgan fingerprint density at radius 2 is 1.33 bits per heavy atom. The highest BCUT2D eigenvalue weighted by Gasteiger charge is 2.11. The lowest BCUT2D eigenvalue weighted by molar-refractivity contribution is -0.356. The van der Waals surface area contributed by atoms with Gasteiger partial charge in [-0.2, -0.15) is 0 Å². The SMILES string of the molecule is C=[O+]c1cc(C/C=C/Cc2ccc(OC)c(OC)c2)ccc1OC. The Morgan fingerprint density at radius 1 is 0.792 bits per heavy atom. The van der Waals surface area contributed by atoms with E-state index in [1.807, 2.05) is 36.4 Å². The minimum atomic E-state index is 0.642. The molecule has 2 aromatic carbocycles. The van der Waals surface area contributed by atoms with E-state index in [0.717, 1.165) is 29.9 Å². The summed E-state index contributed by atoms with van der Waals surface area (Å²) >= 11 is 0. The molecular weight excluding hydrogens is 304 g/mol. The number of carbonyl (C=O) groups excluding carboxylic acids is 1. The highest BCUT2D eigenvalue weighted by atomic mass is 16.5. The van der Waals surface area contributed by atoms with Gasteiger partial charge in [0.2, 0.25) is 5.75 Å². The lowest BCUT2D eigenvalue weighted by atomic mass is 10.1. The average Bonchev–Trinajstić information content (AvgIpc) is 2.64. The van der Waals surface area contributed by atoms with Crippen molar-refractivity contribution < 1.29 is 18.6 Å². The highest BCUT2D eigenvalue weighted by molar-refractivity contribution is 5.44. The first kappa shape index (κ1) is 17.6. The fraction of sp³-hybridized carbons (Fsp3) is 0.250. The largest absolute Gasteiger partial charge is 0.493 e. The van der Waals surface area contributed by atoms with Crippen LogP contribution in [0.15, 0.2) is 48.6 Å². The molecule has 0 amide bonds. The molecule has 4 heteroatoms. The Labute approximate surface area is 143 Å². The molecule has 2 aromatic rings. The molecule has 0 aromatic heterocycles. The van der Waals surface area contributed by atoms with Crippen molar-refractivity contribution >= 4 is 6.79 Å². The molecule has 0 aliphatic rings. The quantitative estimate of drug-likeness (QED) is 0.540. The molecule has 0 unspecified atom stereocenters. The average molecular weight is 327 g/mol. The molecule has 0 N–H and O–H groups in total. The Morgan fingerprint density at radius 3 is 1.88 bits per heavy atom. The maximum Gasteiger partial charge on any atom is 0.393 e. The predicted octanol–water partition coefficient (Wildman–Crippen LogP) is 4.13. The van der Waals surface area contributed by atoms with Crippen molar-refractivity contribution in [3.05, 3.63) is 59.7 Å². The second-order valence-corrected chi connectivity index (χ2v) is 5.20. The van der Waals surface area contributed by atoms with Crippen LogP contribution in [-0.2, 0) is 17.3 Å². The zero-order chi connectivity index (χ0) is 17.4. The van der Waals surface area contributed by atoms with E-state index in [1.54, 1.807) is 21.3 Å². The number of allylic oxidation sites excluding steroid dienone is 2. The van der Waals surface area contributed by atoms with Crippen molar-refractivity contribution in [3.63, 3.8) is 0 Å². The molecule has 0 spiro atoms. The number of benzene rings is 2. The van der Waals surface area contributed by atoms with E-state index in [2.05, 4.69) is 18.9 Å². The van der Waals surface area contributed by atoms with Gasteiger partial charge < -0.3 is 14.2 Å². The third-order valence-corrected chi connectivity index (χ3v) is 3.71. The topological polar surface area (TPSA) is 39.0 Å². The molecule has 0 bridgehead atoms. The third-order valence-electron chi connectivity index (χ3n) is 3.71. The molecule has 0 radical (unpaired) electrons. The van der Waals surface area contributed by atoms with Crippen LogP contribution in [0.25, 0.3) is 0 Å². The fourth-order valence-corrected chi connectivity index (χ4v) is 2.41. The summed E-state index contributed by atoms with van der Waals surface area (Å²) in [4.78, 5) is 0. The molecule has 24 heavy (non-hydrogen) atoms. The standard InChI is InChI=1S/C20H23O4/c1-21-17-11-9-15(13-19(17)23-3)7-5-6-8-16-10-12-18(22-2)20(14-16)24-4/h5-6,9-14H,3,7-8H2,1-2,4H3/q+1/b6-5+. The number of hydrogen-bond donors (Lipinski definition) is 0. The Kier molecular flexibility index (Phi) is 6.43. The highest BCUT2D eigenvalue weighted by Crippen LogP contribution is 2.29. The lowest BCUT2D eigenvalue weighted by Crippen LogP contribution is -1.92. The van der Waals surface area contributed by atoms with Gasteiger partial charge in [0.15, 0.2) is 11.5 Å². The van der Waals surface area contributed by atoms with Crippen LogP contribution in [0.2, 0.25) is 0 Å². The molecule has 0 saturated heterocycles. The molecule has 0 aliphatic heterocycles. The minimum absolute atomic E-state index is 0.642. The zero-order valence-electron chi connectivity index (χ0n) is 14.4. The van der Waals surface area contributed by atoms with Crippen LogP contribution in [-0.4, -0.2) is 28.1 Å². The monoisotopic (exact) mass is 327 g/mol. The number of hydrogen-bond acceptors (Lipinski definition) is 3. The molecule has 0 fully saturated rings. The first-order valence-electron chi connectivity index (χ1n) is 7.66. The second-order valence-electron chi connectivity index (χ2n) is 5.20. The first-order valence-corrected chi connectivity index (χ1v) is 7.66. The lowest BCUT2D eigenvalue weighted by Gasteiger charge is -2.08. The third kappa shape index (κ3) is 4.38. The summed E-state index contributed by atoms with van der Waals surface area (Å²) in [5.74, 6) is 2.81. The van der Waals surface area contributed by atoms with E-state index in [-0.39, 0.29) is 0 Å². The van der Waals surface area contributed by atoms with Crippen molar-refractivity contribution in [3.8, 4) is 23.0 Å². The summed E-state index contributed by atoms with van der Waals surface area (Å²) in [5, 5.41) is 0. The summed E-state index contributed by atoms with van der Waals surface area (Å²) < 4.78 is 20.8. The van der Waals surface area contributed by atoms with Crippen LogP contribution in [0, 0.1) is 0 Å². The normalized spacial score (nSPS) is 10.6. The molecule has 4 nitrogen and oxygen atoms in total. The number of methoxy groups -OCH3 is 3. The van der Waals surface area contributed by atoms with Crippen LogP contribution in [0.1, 0.15) is 11.1 Å². The van der Waals surface area contributed by atoms with Gasteiger partial charge in [0, 0.05) is 0 Å². The Bertz CT molecular complexity index is 720. The molecule has 0 aliphatic carbocycles. The van der Waals surface area contributed by atoms with Crippen LogP contribution >= 0.6 is 0 Å². The second kappa shape index (κ2) is 8.77. The van der Waals surface area contributed by atoms with Crippen molar-refractivity contribution in [1.29, 1.82) is 0 Å². The molecule has 126 valence electrons. The van der Waals surface area contributed by atoms with Gasteiger partial charge in [0.05, 0.1) is 27.4 Å².